The molecule has 1 saturated heterocycles. The summed E-state index contributed by atoms with van der Waals surface area (Å²) in [7, 11) is 0. The number of fused-ring (bicyclic) bond motifs is 1. The highest BCUT2D eigenvalue weighted by Crippen LogP contribution is 2.26. The number of rotatable bonds is 2. The molecule has 0 aromatic carbocycles. The smallest absolute Gasteiger partial charge is 0.341 e. The molecule has 20 heavy (non-hydrogen) atoms. The highest BCUT2D eigenvalue weighted by molar-refractivity contribution is 5.91. The molecule has 3 rings (SSSR count). The van der Waals surface area contributed by atoms with Crippen molar-refractivity contribution in [3.05, 3.63) is 33.9 Å². The van der Waals surface area contributed by atoms with Crippen LogP contribution in [0.5, 0.6) is 0 Å². The van der Waals surface area contributed by atoms with Gasteiger partial charge in [0.2, 0.25) is 5.43 Å². The molecule has 2 N–H and O–H groups in total. The summed E-state index contributed by atoms with van der Waals surface area (Å²) in [6.07, 6.45) is 1.08. The molecular weight excluding hydrogens is 265 g/mol. The zero-order valence-electron chi connectivity index (χ0n) is 10.7. The highest BCUT2D eigenvalue weighted by atomic mass is 19.1. The Bertz CT molecular complexity index is 765. The van der Waals surface area contributed by atoms with E-state index in [1.54, 1.807) is 4.90 Å². The number of aromatic amines is 1. The quantitative estimate of drug-likeness (QED) is 0.861. The average molecular weight is 277 g/mol. The van der Waals surface area contributed by atoms with Gasteiger partial charge in [0.15, 0.2) is 11.6 Å². The second kappa shape index (κ2) is 4.29. The van der Waals surface area contributed by atoms with Crippen molar-refractivity contribution >= 4 is 22.8 Å². The maximum absolute atomic E-state index is 14.0. The summed E-state index contributed by atoms with van der Waals surface area (Å²) in [6.45, 7) is 3.48. The molecule has 0 aliphatic carbocycles. The van der Waals surface area contributed by atoms with Gasteiger partial charge in [-0.15, -0.1) is 0 Å². The fourth-order valence-electron chi connectivity index (χ4n) is 2.37. The lowest BCUT2D eigenvalue weighted by molar-refractivity contribution is 0.0695. The predicted molar refractivity (Wildman–Crippen MR) is 70.7 cm³/mol. The molecule has 7 heteroatoms. The van der Waals surface area contributed by atoms with E-state index in [0.29, 0.717) is 19.0 Å². The van der Waals surface area contributed by atoms with Crippen LogP contribution >= 0.6 is 0 Å². The Morgan fingerprint density at radius 2 is 2.25 bits per heavy atom. The Kier molecular flexibility index (Phi) is 2.70. The number of pyridine rings is 2. The molecule has 0 radical (unpaired) electrons. The van der Waals surface area contributed by atoms with Crippen molar-refractivity contribution in [3.8, 4) is 0 Å². The third-order valence-corrected chi connectivity index (χ3v) is 3.39. The van der Waals surface area contributed by atoms with Gasteiger partial charge in [-0.2, -0.15) is 0 Å². The van der Waals surface area contributed by atoms with Gasteiger partial charge in [0, 0.05) is 19.3 Å². The Morgan fingerprint density at radius 1 is 1.55 bits per heavy atom. The van der Waals surface area contributed by atoms with Crippen molar-refractivity contribution in [2.75, 3.05) is 18.0 Å². The Labute approximate surface area is 112 Å². The van der Waals surface area contributed by atoms with Crippen LogP contribution in [0.25, 0.3) is 11.0 Å². The zero-order valence-corrected chi connectivity index (χ0v) is 10.7. The van der Waals surface area contributed by atoms with Crippen LogP contribution in [0.2, 0.25) is 0 Å². The predicted octanol–water partition coefficient (Wildman–Crippen LogP) is 1.22. The SMILES string of the molecule is CC1CN(c2nc3[nH]cc(C(=O)O)c(=O)c3cc2F)C1. The van der Waals surface area contributed by atoms with Crippen LogP contribution in [-0.2, 0) is 0 Å². The number of aromatic nitrogens is 2. The van der Waals surface area contributed by atoms with Gasteiger partial charge in [0.1, 0.15) is 11.2 Å². The normalized spacial score (nSPS) is 15.4. The molecule has 0 amide bonds. The Hall–Kier alpha value is -2.44. The van der Waals surface area contributed by atoms with E-state index in [-0.39, 0.29) is 16.9 Å². The monoisotopic (exact) mass is 277 g/mol. The number of anilines is 1. The van der Waals surface area contributed by atoms with E-state index in [1.165, 1.54) is 0 Å². The van der Waals surface area contributed by atoms with Crippen LogP contribution < -0.4 is 10.3 Å². The maximum Gasteiger partial charge on any atom is 0.341 e. The van der Waals surface area contributed by atoms with Crippen molar-refractivity contribution in [3.63, 3.8) is 0 Å². The summed E-state index contributed by atoms with van der Waals surface area (Å²) >= 11 is 0. The molecule has 0 saturated carbocycles. The first-order valence-electron chi connectivity index (χ1n) is 6.17. The van der Waals surface area contributed by atoms with Crippen molar-refractivity contribution in [1.29, 1.82) is 0 Å². The van der Waals surface area contributed by atoms with Gasteiger partial charge in [0.25, 0.3) is 0 Å². The molecule has 2 aromatic heterocycles. The lowest BCUT2D eigenvalue weighted by Gasteiger charge is -2.38. The summed E-state index contributed by atoms with van der Waals surface area (Å²) in [4.78, 5) is 31.3. The second-order valence-corrected chi connectivity index (χ2v) is 5.04. The third kappa shape index (κ3) is 1.82. The standard InChI is InChI=1S/C13H12FN3O3/c1-6-4-17(5-6)12-9(14)2-7-10(18)8(13(19)20)3-15-11(7)16-12/h2-3,6H,4-5H2,1H3,(H,19,20)(H,15,16,18). The number of H-pyrrole nitrogens is 1. The fraction of sp³-hybridized carbons (Fsp3) is 0.308. The lowest BCUT2D eigenvalue weighted by atomic mass is 10.0. The number of aromatic carboxylic acids is 1. The minimum absolute atomic E-state index is 0.0558. The zero-order chi connectivity index (χ0) is 14.4. The summed E-state index contributed by atoms with van der Waals surface area (Å²) in [6, 6.07) is 1.05. The number of carbonyl (C=O) groups is 1. The van der Waals surface area contributed by atoms with E-state index < -0.39 is 22.8 Å². The van der Waals surface area contributed by atoms with E-state index in [1.807, 2.05) is 0 Å². The maximum atomic E-state index is 14.0. The van der Waals surface area contributed by atoms with E-state index in [9.17, 15) is 14.0 Å². The summed E-state index contributed by atoms with van der Waals surface area (Å²) in [5.41, 5.74) is -0.971. The van der Waals surface area contributed by atoms with Gasteiger partial charge < -0.3 is 15.0 Å². The molecule has 0 unspecified atom stereocenters. The van der Waals surface area contributed by atoms with Gasteiger partial charge in [0.05, 0.1) is 5.39 Å². The number of nitrogens with one attached hydrogen (secondary N) is 1. The van der Waals surface area contributed by atoms with E-state index in [0.717, 1.165) is 12.3 Å². The van der Waals surface area contributed by atoms with Crippen LogP contribution in [0.15, 0.2) is 17.1 Å². The summed E-state index contributed by atoms with van der Waals surface area (Å²) in [5, 5.41) is 8.82. The Balaban J connectivity index is 2.16. The van der Waals surface area contributed by atoms with E-state index >= 15 is 0 Å². The Morgan fingerprint density at radius 3 is 2.85 bits per heavy atom. The minimum atomic E-state index is -1.35. The van der Waals surface area contributed by atoms with E-state index in [2.05, 4.69) is 16.9 Å². The first-order valence-corrected chi connectivity index (χ1v) is 6.17. The molecular formula is C13H12FN3O3. The number of hydrogen-bond acceptors (Lipinski definition) is 4. The largest absolute Gasteiger partial charge is 0.477 e. The molecule has 0 spiro atoms. The number of nitrogens with zero attached hydrogens (tertiary/aromatic N) is 2. The van der Waals surface area contributed by atoms with Gasteiger partial charge in [-0.05, 0) is 12.0 Å². The van der Waals surface area contributed by atoms with Gasteiger partial charge >= 0.3 is 5.97 Å². The van der Waals surface area contributed by atoms with Crippen LogP contribution in [0, 0.1) is 11.7 Å². The molecule has 3 heterocycles. The number of carboxylic acid groups (broad SMARTS) is 1. The molecule has 1 aliphatic rings. The van der Waals surface area contributed by atoms with E-state index in [4.69, 9.17) is 5.11 Å². The highest BCUT2D eigenvalue weighted by Gasteiger charge is 2.27. The van der Waals surface area contributed by atoms with Gasteiger partial charge in [-0.1, -0.05) is 6.92 Å². The van der Waals surface area contributed by atoms with Crippen molar-refractivity contribution in [2.45, 2.75) is 6.92 Å². The number of carboxylic acids is 1. The lowest BCUT2D eigenvalue weighted by Crippen LogP contribution is -2.46. The van der Waals surface area contributed by atoms with Gasteiger partial charge in [-0.3, -0.25) is 4.79 Å². The van der Waals surface area contributed by atoms with Crippen LogP contribution in [-0.4, -0.2) is 34.1 Å². The molecule has 0 bridgehead atoms. The third-order valence-electron chi connectivity index (χ3n) is 3.39. The second-order valence-electron chi connectivity index (χ2n) is 5.04. The molecule has 1 aliphatic heterocycles. The fourth-order valence-corrected chi connectivity index (χ4v) is 2.37. The van der Waals surface area contributed by atoms with Crippen molar-refractivity contribution < 1.29 is 14.3 Å². The first kappa shape index (κ1) is 12.6. The number of hydrogen-bond donors (Lipinski definition) is 2. The molecule has 2 aromatic rings. The molecule has 6 nitrogen and oxygen atoms in total. The molecule has 0 atom stereocenters. The van der Waals surface area contributed by atoms with Gasteiger partial charge in [-0.25, -0.2) is 14.2 Å². The number of halogens is 1. The minimum Gasteiger partial charge on any atom is -0.477 e. The van der Waals surface area contributed by atoms with Crippen molar-refractivity contribution in [1.82, 2.24) is 9.97 Å². The molecule has 104 valence electrons. The summed E-state index contributed by atoms with van der Waals surface area (Å²) in [5.74, 6) is -1.29. The first-order chi connectivity index (χ1) is 9.47. The van der Waals surface area contributed by atoms with Crippen molar-refractivity contribution in [2.24, 2.45) is 5.92 Å². The van der Waals surface area contributed by atoms with Crippen LogP contribution in [0.3, 0.4) is 0 Å². The summed E-state index contributed by atoms with van der Waals surface area (Å²) < 4.78 is 14.0. The molecule has 1 fully saturated rings. The van der Waals surface area contributed by atoms with Crippen LogP contribution in [0.1, 0.15) is 17.3 Å². The van der Waals surface area contributed by atoms with Crippen LogP contribution in [0.4, 0.5) is 10.2 Å². The topological polar surface area (TPSA) is 86.3 Å². The average Bonchev–Trinajstić information content (AvgIpc) is 2.35.